The number of nitrogens with two attached hydrogens (primary N) is 1. The highest BCUT2D eigenvalue weighted by Gasteiger charge is 2.23. The van der Waals surface area contributed by atoms with Crippen LogP contribution in [0.15, 0.2) is 89.2 Å². The maximum atomic E-state index is 6.25. The van der Waals surface area contributed by atoms with Crippen LogP contribution in [0, 0.1) is 18.8 Å². The monoisotopic (exact) mass is 548 g/mol. The quantitative estimate of drug-likeness (QED) is 0.229. The average Bonchev–Trinajstić information content (AvgIpc) is 2.93. The summed E-state index contributed by atoms with van der Waals surface area (Å²) in [6.07, 6.45) is 14.6. The number of benzene rings is 1. The van der Waals surface area contributed by atoms with Crippen LogP contribution in [0.5, 0.6) is 0 Å². The fourth-order valence-electron chi connectivity index (χ4n) is 4.84. The predicted octanol–water partition coefficient (Wildman–Crippen LogP) is 12.7. The lowest BCUT2D eigenvalue weighted by atomic mass is 9.76. The van der Waals surface area contributed by atoms with Crippen LogP contribution >= 0.6 is 0 Å². The zero-order valence-corrected chi connectivity index (χ0v) is 28.6. The average molecular weight is 548 g/mol. The minimum atomic E-state index is 0.423. The fourth-order valence-corrected chi connectivity index (χ4v) is 4.84. The number of rotatable bonds is 10. The first-order chi connectivity index (χ1) is 19.0. The molecule has 0 aromatic heterocycles. The van der Waals surface area contributed by atoms with Gasteiger partial charge in [0.05, 0.1) is 0 Å². The van der Waals surface area contributed by atoms with Crippen molar-refractivity contribution in [3.8, 4) is 0 Å². The number of hydrogen-bond acceptors (Lipinski definition) is 1. The topological polar surface area (TPSA) is 26.0 Å². The Balaban J connectivity index is 0. The van der Waals surface area contributed by atoms with Crippen molar-refractivity contribution in [2.24, 2.45) is 17.6 Å². The van der Waals surface area contributed by atoms with E-state index in [9.17, 15) is 0 Å². The summed E-state index contributed by atoms with van der Waals surface area (Å²) in [6, 6.07) is 8.67. The van der Waals surface area contributed by atoms with Gasteiger partial charge in [0.15, 0.2) is 0 Å². The van der Waals surface area contributed by atoms with Crippen LogP contribution in [-0.2, 0) is 0 Å². The normalized spacial score (nSPS) is 14.3. The molecule has 0 aliphatic heterocycles. The van der Waals surface area contributed by atoms with Gasteiger partial charge in [-0.3, -0.25) is 0 Å². The molecular formula is C39H65N. The summed E-state index contributed by atoms with van der Waals surface area (Å²) in [5.41, 5.74) is 17.9. The summed E-state index contributed by atoms with van der Waals surface area (Å²) in [5.74, 6) is 1.03. The van der Waals surface area contributed by atoms with Gasteiger partial charge >= 0.3 is 0 Å². The number of hydrogen-bond donors (Lipinski definition) is 1. The van der Waals surface area contributed by atoms with E-state index in [4.69, 9.17) is 5.73 Å². The minimum Gasteiger partial charge on any atom is -0.399 e. The molecule has 0 radical (unpaired) electrons. The Morgan fingerprint density at radius 2 is 1.48 bits per heavy atom. The molecule has 0 heterocycles. The van der Waals surface area contributed by atoms with E-state index < -0.39 is 0 Å². The Bertz CT molecular complexity index is 974. The van der Waals surface area contributed by atoms with Gasteiger partial charge in [0.2, 0.25) is 0 Å². The summed E-state index contributed by atoms with van der Waals surface area (Å²) < 4.78 is 0. The third-order valence-electron chi connectivity index (χ3n) is 7.26. The summed E-state index contributed by atoms with van der Waals surface area (Å²) in [7, 11) is 0. The molecule has 1 aromatic rings. The molecule has 1 aromatic carbocycles. The molecule has 40 heavy (non-hydrogen) atoms. The summed E-state index contributed by atoms with van der Waals surface area (Å²) >= 11 is 0. The van der Waals surface area contributed by atoms with Crippen molar-refractivity contribution in [3.05, 3.63) is 100 Å². The van der Waals surface area contributed by atoms with Crippen LogP contribution < -0.4 is 5.73 Å². The van der Waals surface area contributed by atoms with Crippen LogP contribution in [0.1, 0.15) is 132 Å². The third-order valence-corrected chi connectivity index (χ3v) is 7.26. The molecule has 0 bridgehead atoms. The van der Waals surface area contributed by atoms with Crippen LogP contribution in [0.25, 0.3) is 5.57 Å². The van der Waals surface area contributed by atoms with E-state index >= 15 is 0 Å². The van der Waals surface area contributed by atoms with Crippen molar-refractivity contribution in [2.75, 3.05) is 0 Å². The maximum Gasteiger partial charge on any atom is 0.0273 e. The molecule has 0 spiro atoms. The van der Waals surface area contributed by atoms with Crippen LogP contribution in [0.3, 0.4) is 0 Å². The third kappa shape index (κ3) is 14.7. The second kappa shape index (κ2) is 23.2. The number of allylic oxidation sites excluding steroid dienone is 9. The maximum absolute atomic E-state index is 6.25. The Labute approximate surface area is 251 Å². The highest BCUT2D eigenvalue weighted by Crippen LogP contribution is 2.39. The molecule has 2 rings (SSSR count). The van der Waals surface area contributed by atoms with Gasteiger partial charge in [0, 0.05) is 5.70 Å². The molecule has 2 N–H and O–H groups in total. The van der Waals surface area contributed by atoms with Gasteiger partial charge < -0.3 is 5.73 Å². The first-order valence-corrected chi connectivity index (χ1v) is 15.9. The fraction of sp³-hybridized carbons (Fsp3) is 0.538. The lowest BCUT2D eigenvalue weighted by Crippen LogP contribution is -2.14. The zero-order valence-electron chi connectivity index (χ0n) is 28.6. The molecule has 0 amide bonds. The number of aryl methyl sites for hydroxylation is 1. The predicted molar refractivity (Wildman–Crippen MR) is 187 cm³/mol. The highest BCUT2D eigenvalue weighted by molar-refractivity contribution is 5.75. The molecule has 1 unspecified atom stereocenters. The van der Waals surface area contributed by atoms with E-state index in [0.717, 1.165) is 18.4 Å². The van der Waals surface area contributed by atoms with E-state index in [-0.39, 0.29) is 0 Å². The number of unbranched alkanes of at least 4 members (excludes halogenated alkanes) is 2. The van der Waals surface area contributed by atoms with Crippen LogP contribution in [-0.4, -0.2) is 0 Å². The van der Waals surface area contributed by atoms with Crippen molar-refractivity contribution in [1.82, 2.24) is 0 Å². The molecule has 0 saturated heterocycles. The Hall–Kier alpha value is -2.54. The van der Waals surface area contributed by atoms with E-state index in [1.165, 1.54) is 65.5 Å². The molecular weight excluding hydrogens is 482 g/mol. The van der Waals surface area contributed by atoms with Gasteiger partial charge in [-0.2, -0.15) is 0 Å². The van der Waals surface area contributed by atoms with Gasteiger partial charge in [-0.25, -0.2) is 0 Å². The van der Waals surface area contributed by atoms with Gasteiger partial charge in [0.1, 0.15) is 0 Å². The Morgan fingerprint density at radius 3 is 1.85 bits per heavy atom. The first-order valence-electron chi connectivity index (χ1n) is 15.9. The van der Waals surface area contributed by atoms with Crippen molar-refractivity contribution in [3.63, 3.8) is 0 Å². The van der Waals surface area contributed by atoms with Crippen molar-refractivity contribution >= 4 is 5.57 Å². The minimum absolute atomic E-state index is 0.423. The van der Waals surface area contributed by atoms with Crippen LogP contribution in [0.2, 0.25) is 0 Å². The molecule has 1 atom stereocenters. The highest BCUT2D eigenvalue weighted by atomic mass is 14.6. The van der Waals surface area contributed by atoms with E-state index in [1.807, 2.05) is 19.9 Å². The molecule has 1 nitrogen and oxygen atoms in total. The second-order valence-corrected chi connectivity index (χ2v) is 11.0. The summed E-state index contributed by atoms with van der Waals surface area (Å²) in [6.45, 7) is 33.9. The van der Waals surface area contributed by atoms with Crippen molar-refractivity contribution in [2.45, 2.75) is 128 Å². The van der Waals surface area contributed by atoms with Gasteiger partial charge in [-0.1, -0.05) is 134 Å². The smallest absolute Gasteiger partial charge is 0.0273 e. The van der Waals surface area contributed by atoms with Gasteiger partial charge in [0.25, 0.3) is 0 Å². The summed E-state index contributed by atoms with van der Waals surface area (Å²) in [5, 5.41) is 0. The molecule has 1 heteroatoms. The lowest BCUT2D eigenvalue weighted by molar-refractivity contribution is 0.623. The van der Waals surface area contributed by atoms with E-state index in [2.05, 4.69) is 119 Å². The van der Waals surface area contributed by atoms with Crippen molar-refractivity contribution < 1.29 is 0 Å². The van der Waals surface area contributed by atoms with E-state index in [1.54, 1.807) is 5.57 Å². The second-order valence-electron chi connectivity index (χ2n) is 11.0. The first kappa shape index (κ1) is 39.6. The van der Waals surface area contributed by atoms with Gasteiger partial charge in [-0.15, -0.1) is 6.58 Å². The van der Waals surface area contributed by atoms with Crippen molar-refractivity contribution in [1.29, 1.82) is 0 Å². The molecule has 0 saturated carbocycles. The molecule has 1 aliphatic rings. The Morgan fingerprint density at radius 1 is 0.925 bits per heavy atom. The molecule has 1 aliphatic carbocycles. The SMILES string of the molecule is C=C(N)/C(=C\C(=C/C)c1ccc(C)cc1)CC(C)C1=C(C)CCC(C(C)C)=C1C.C=CCCC.CC.CCCC. The lowest BCUT2D eigenvalue weighted by Gasteiger charge is -2.29. The molecule has 226 valence electrons. The summed E-state index contributed by atoms with van der Waals surface area (Å²) in [4.78, 5) is 0. The zero-order chi connectivity index (χ0) is 31.3. The largest absolute Gasteiger partial charge is 0.399 e. The standard InChI is InChI=1S/C28H39N.C5H10.C4H10.C2H6/c1-9-24(25-13-10-19(4)11-14-25)17-26(23(8)29)16-21(6)28-20(5)12-15-27(18(2)3)22(28)7;1-3-5-4-2;1-3-4-2;1-2/h9-11,13-14,17-18,21H,8,12,15-16,29H2,1-7H3;3H,1,4-5H2,2H3;3-4H2,1-2H3;1-2H3/b24-9+,26-17-;;;. The van der Waals surface area contributed by atoms with E-state index in [0.29, 0.717) is 17.5 Å². The van der Waals surface area contributed by atoms with Crippen LogP contribution in [0.4, 0.5) is 0 Å². The Kier molecular flexibility index (Phi) is 23.0. The molecule has 0 fully saturated rings. The van der Waals surface area contributed by atoms with Gasteiger partial charge in [-0.05, 0) is 99.1 Å².